The van der Waals surface area contributed by atoms with Gasteiger partial charge in [-0.2, -0.15) is 0 Å². The van der Waals surface area contributed by atoms with E-state index in [4.69, 9.17) is 9.47 Å². The van der Waals surface area contributed by atoms with E-state index in [2.05, 4.69) is 54.7 Å². The van der Waals surface area contributed by atoms with Gasteiger partial charge in [-0.25, -0.2) is 0 Å². The Balaban J connectivity index is 2.20. The maximum absolute atomic E-state index is 12.2. The molecule has 0 aromatic carbocycles. The Hall–Kier alpha value is -0.200. The lowest BCUT2D eigenvalue weighted by molar-refractivity contribution is -0.130. The molecule has 4 heteroatoms. The van der Waals surface area contributed by atoms with Crippen LogP contribution in [0, 0.1) is 11.3 Å². The molecule has 23 heavy (non-hydrogen) atoms. The van der Waals surface area contributed by atoms with Crippen LogP contribution in [0.2, 0.25) is 0 Å². The number of halogens is 1. The molecule has 1 aliphatic carbocycles. The smallest absolute Gasteiger partial charge is 0.190 e. The predicted molar refractivity (Wildman–Crippen MR) is 102 cm³/mol. The number of alkyl halides is 1. The van der Waals surface area contributed by atoms with Crippen molar-refractivity contribution in [1.29, 1.82) is 0 Å². The molecule has 1 fully saturated rings. The van der Waals surface area contributed by atoms with Crippen LogP contribution in [0.4, 0.5) is 0 Å². The second kappa shape index (κ2) is 8.26. The summed E-state index contributed by atoms with van der Waals surface area (Å²) >= 11 is 2.37. The standard InChI is InChI=1S/C19H29IO3/c1-15-7-6-10-18(3,17(8-12-20)16(2)21)9-4-5-11-19(15)22-13-14-23-19/h4,7,9,17H,5-6,8,10-14H2,1-3H3/b9-4+,15-7+/t17-,18-/m1/s1. The first-order valence-corrected chi connectivity index (χ1v) is 10.2. The zero-order valence-corrected chi connectivity index (χ0v) is 16.7. The number of ketones is 1. The van der Waals surface area contributed by atoms with Crippen LogP contribution in [0.3, 0.4) is 0 Å². The fourth-order valence-electron chi connectivity index (χ4n) is 3.89. The molecule has 0 unspecified atom stereocenters. The summed E-state index contributed by atoms with van der Waals surface area (Å²) in [6, 6.07) is 0. The van der Waals surface area contributed by atoms with Gasteiger partial charge in [0.25, 0.3) is 0 Å². The number of ether oxygens (including phenoxy) is 2. The lowest BCUT2D eigenvalue weighted by Gasteiger charge is -2.35. The molecule has 0 saturated carbocycles. The monoisotopic (exact) mass is 432 g/mol. The Kier molecular flexibility index (Phi) is 6.87. The van der Waals surface area contributed by atoms with Gasteiger partial charge in [0.1, 0.15) is 5.78 Å². The van der Waals surface area contributed by atoms with Gasteiger partial charge < -0.3 is 9.47 Å². The second-order valence-corrected chi connectivity index (χ2v) is 8.04. The molecule has 1 saturated heterocycles. The Morgan fingerprint density at radius 3 is 2.61 bits per heavy atom. The van der Waals surface area contributed by atoms with Crippen molar-refractivity contribution in [3.8, 4) is 0 Å². The molecule has 0 N–H and O–H groups in total. The van der Waals surface area contributed by atoms with Crippen LogP contribution in [-0.4, -0.2) is 29.2 Å². The quantitative estimate of drug-likeness (QED) is 0.362. The van der Waals surface area contributed by atoms with Gasteiger partial charge in [-0.15, -0.1) is 0 Å². The van der Waals surface area contributed by atoms with E-state index >= 15 is 0 Å². The fraction of sp³-hybridized carbons (Fsp3) is 0.737. The van der Waals surface area contributed by atoms with E-state index in [0.29, 0.717) is 19.0 Å². The third kappa shape index (κ3) is 4.45. The number of carbonyl (C=O) groups excluding carboxylic acids is 1. The van der Waals surface area contributed by atoms with Gasteiger partial charge in [-0.05, 0) is 50.5 Å². The summed E-state index contributed by atoms with van der Waals surface area (Å²) < 4.78 is 12.9. The Bertz CT molecular complexity index is 477. The first-order chi connectivity index (χ1) is 10.9. The van der Waals surface area contributed by atoms with Gasteiger partial charge in [0.2, 0.25) is 0 Å². The molecule has 1 spiro atoms. The van der Waals surface area contributed by atoms with Crippen molar-refractivity contribution >= 4 is 28.4 Å². The van der Waals surface area contributed by atoms with Crippen molar-refractivity contribution in [3.63, 3.8) is 0 Å². The molecule has 0 aromatic heterocycles. The van der Waals surface area contributed by atoms with Crippen molar-refractivity contribution in [2.45, 2.75) is 58.7 Å². The number of allylic oxidation sites excluding steroid dienone is 3. The maximum Gasteiger partial charge on any atom is 0.190 e. The summed E-state index contributed by atoms with van der Waals surface area (Å²) in [5.41, 5.74) is 1.12. The van der Waals surface area contributed by atoms with Crippen molar-refractivity contribution in [3.05, 3.63) is 23.8 Å². The lowest BCUT2D eigenvalue weighted by atomic mass is 9.70. The van der Waals surface area contributed by atoms with Crippen LogP contribution >= 0.6 is 22.6 Å². The van der Waals surface area contributed by atoms with Crippen LogP contribution in [0.5, 0.6) is 0 Å². The molecule has 2 aliphatic rings. The fourth-order valence-corrected chi connectivity index (χ4v) is 4.51. The molecule has 0 amide bonds. The average Bonchev–Trinajstić information content (AvgIpc) is 2.98. The van der Waals surface area contributed by atoms with Crippen LogP contribution in [-0.2, 0) is 14.3 Å². The predicted octanol–water partition coefficient (Wildman–Crippen LogP) is 4.84. The van der Waals surface area contributed by atoms with Gasteiger partial charge in [0.05, 0.1) is 13.2 Å². The summed E-state index contributed by atoms with van der Waals surface area (Å²) in [5.74, 6) is -0.0949. The minimum atomic E-state index is -0.514. The number of hydrogen-bond donors (Lipinski definition) is 0. The van der Waals surface area contributed by atoms with Gasteiger partial charge in [0.15, 0.2) is 5.79 Å². The van der Waals surface area contributed by atoms with E-state index in [1.54, 1.807) is 6.92 Å². The molecule has 2 rings (SSSR count). The van der Waals surface area contributed by atoms with E-state index in [1.165, 1.54) is 5.57 Å². The van der Waals surface area contributed by atoms with Crippen molar-refractivity contribution in [2.24, 2.45) is 11.3 Å². The summed E-state index contributed by atoms with van der Waals surface area (Å²) in [6.07, 6.45) is 11.4. The molecule has 0 radical (unpaired) electrons. The van der Waals surface area contributed by atoms with Crippen LogP contribution in [0.25, 0.3) is 0 Å². The highest BCUT2D eigenvalue weighted by Gasteiger charge is 2.39. The number of carbonyl (C=O) groups is 1. The molecule has 3 nitrogen and oxygen atoms in total. The van der Waals surface area contributed by atoms with E-state index in [0.717, 1.165) is 36.5 Å². The highest BCUT2D eigenvalue weighted by Crippen LogP contribution is 2.40. The summed E-state index contributed by atoms with van der Waals surface area (Å²) in [7, 11) is 0. The third-order valence-corrected chi connectivity index (χ3v) is 5.93. The highest BCUT2D eigenvalue weighted by atomic mass is 127. The van der Waals surface area contributed by atoms with E-state index < -0.39 is 5.79 Å². The Morgan fingerprint density at radius 1 is 1.30 bits per heavy atom. The zero-order valence-electron chi connectivity index (χ0n) is 14.6. The van der Waals surface area contributed by atoms with Crippen molar-refractivity contribution in [1.82, 2.24) is 0 Å². The van der Waals surface area contributed by atoms with Crippen LogP contribution < -0.4 is 0 Å². The molecule has 1 aliphatic heterocycles. The number of Topliss-reactive ketones (excluding diaryl/α,β-unsaturated/α-hetero) is 1. The van der Waals surface area contributed by atoms with Gasteiger partial charge >= 0.3 is 0 Å². The van der Waals surface area contributed by atoms with Crippen LogP contribution in [0.1, 0.15) is 52.9 Å². The molecule has 1 heterocycles. The van der Waals surface area contributed by atoms with Crippen molar-refractivity contribution < 1.29 is 14.3 Å². The van der Waals surface area contributed by atoms with Gasteiger partial charge in [-0.3, -0.25) is 4.79 Å². The average molecular weight is 432 g/mol. The van der Waals surface area contributed by atoms with Crippen molar-refractivity contribution in [2.75, 3.05) is 17.6 Å². The molecule has 0 aromatic rings. The summed E-state index contributed by atoms with van der Waals surface area (Å²) in [5, 5.41) is 0. The topological polar surface area (TPSA) is 35.5 Å². The summed E-state index contributed by atoms with van der Waals surface area (Å²) in [4.78, 5) is 12.2. The van der Waals surface area contributed by atoms with Crippen LogP contribution in [0.15, 0.2) is 23.8 Å². The molecule has 2 atom stereocenters. The molecular formula is C19H29IO3. The minimum absolute atomic E-state index is 0.0598. The first kappa shape index (κ1) is 19.1. The van der Waals surface area contributed by atoms with Gasteiger partial charge in [0, 0.05) is 16.8 Å². The third-order valence-electron chi connectivity index (χ3n) is 5.31. The normalized spacial score (nSPS) is 33.0. The minimum Gasteiger partial charge on any atom is -0.344 e. The van der Waals surface area contributed by atoms with E-state index in [9.17, 15) is 4.79 Å². The summed E-state index contributed by atoms with van der Waals surface area (Å²) in [6.45, 7) is 7.45. The molecular weight excluding hydrogens is 403 g/mol. The van der Waals surface area contributed by atoms with E-state index in [1.807, 2.05) is 0 Å². The highest BCUT2D eigenvalue weighted by molar-refractivity contribution is 14.1. The Morgan fingerprint density at radius 2 is 2.00 bits per heavy atom. The number of hydrogen-bond acceptors (Lipinski definition) is 3. The largest absolute Gasteiger partial charge is 0.344 e. The van der Waals surface area contributed by atoms with E-state index in [-0.39, 0.29) is 11.3 Å². The van der Waals surface area contributed by atoms with Gasteiger partial charge in [-0.1, -0.05) is 47.7 Å². The zero-order chi connectivity index (χ0) is 16.9. The molecule has 0 bridgehead atoms. The first-order valence-electron chi connectivity index (χ1n) is 8.63. The SMILES string of the molecule is CC(=O)[C@@H](CCI)[C@]1(C)/C=C/CCC2(OCCO2)/C(C)=C/CC1. The molecule has 130 valence electrons. The lowest BCUT2D eigenvalue weighted by Crippen LogP contribution is -2.33. The Labute approximate surface area is 154 Å². The second-order valence-electron chi connectivity index (χ2n) is 6.96. The number of rotatable bonds is 4. The maximum atomic E-state index is 12.2.